The number of anilines is 1. The van der Waals surface area contributed by atoms with Crippen molar-refractivity contribution in [3.63, 3.8) is 0 Å². The summed E-state index contributed by atoms with van der Waals surface area (Å²) in [5.41, 5.74) is 16.6. The molecule has 384 valence electrons. The maximum Gasteiger partial charge on any atom is 0.352 e. The normalized spacial score (nSPS) is 13.1. The lowest BCUT2D eigenvalue weighted by molar-refractivity contribution is -0.135. The Morgan fingerprint density at radius 2 is 1.58 bits per heavy atom. The number of aryl methyl sites for hydroxylation is 6. The number of halogens is 1. The molecule has 5 aromatic rings. The highest BCUT2D eigenvalue weighted by Gasteiger charge is 2.27. The van der Waals surface area contributed by atoms with E-state index in [-0.39, 0.29) is 25.7 Å². The van der Waals surface area contributed by atoms with Crippen molar-refractivity contribution in [1.29, 1.82) is 0 Å². The lowest BCUT2D eigenvalue weighted by atomic mass is 9.98. The number of benzene rings is 3. The van der Waals surface area contributed by atoms with Crippen LogP contribution in [0.15, 0.2) is 48.5 Å². The third kappa shape index (κ3) is 15.4. The van der Waals surface area contributed by atoms with Crippen LogP contribution in [0.2, 0.25) is 5.02 Å². The molecule has 18 heteroatoms. The molecule has 3 aromatic carbocycles. The predicted molar refractivity (Wildman–Crippen MR) is 275 cm³/mol. The molecule has 3 heterocycles. The van der Waals surface area contributed by atoms with Gasteiger partial charge in [0.05, 0.1) is 56.9 Å². The Bertz CT molecular complexity index is 2560. The number of aromatic nitrogens is 3. The van der Waals surface area contributed by atoms with E-state index in [1.54, 1.807) is 0 Å². The molecule has 0 radical (unpaired) electrons. The van der Waals surface area contributed by atoms with Crippen LogP contribution in [-0.2, 0) is 52.9 Å². The number of carbonyl (C=O) groups is 5. The van der Waals surface area contributed by atoms with Crippen LogP contribution in [0.25, 0.3) is 22.0 Å². The molecule has 0 aliphatic carbocycles. The highest BCUT2D eigenvalue weighted by Crippen LogP contribution is 2.38. The van der Waals surface area contributed by atoms with E-state index >= 15 is 0 Å². The van der Waals surface area contributed by atoms with Crippen molar-refractivity contribution in [2.75, 3.05) is 77.7 Å². The first kappa shape index (κ1) is 55.8. The van der Waals surface area contributed by atoms with Gasteiger partial charge in [0, 0.05) is 85.2 Å². The molecule has 6 rings (SSSR count). The molecule has 1 atom stereocenters. The Labute approximate surface area is 421 Å². The maximum absolute atomic E-state index is 13.2. The summed E-state index contributed by atoms with van der Waals surface area (Å²) >= 11 is 6.38. The molecule has 0 saturated carbocycles. The molecule has 1 fully saturated rings. The second kappa shape index (κ2) is 28.1. The smallest absolute Gasteiger partial charge is 0.352 e. The molecular formula is C53H70ClN7O10. The summed E-state index contributed by atoms with van der Waals surface area (Å²) in [6, 6.07) is 15.5. The number of nitrogens with two attached hydrogens (primary N) is 1. The largest absolute Gasteiger partial charge is 0.494 e. The number of aromatic carboxylic acids is 1. The van der Waals surface area contributed by atoms with E-state index in [9.17, 15) is 29.1 Å². The third-order valence-electron chi connectivity index (χ3n) is 12.7. The minimum atomic E-state index is -0.924. The molecule has 17 nitrogen and oxygen atoms in total. The van der Waals surface area contributed by atoms with Crippen LogP contribution in [0, 0.1) is 41.5 Å². The Hall–Kier alpha value is -6.11. The van der Waals surface area contributed by atoms with Crippen LogP contribution in [-0.4, -0.2) is 139 Å². The number of nitrogens with one attached hydrogen (secondary N) is 1. The summed E-state index contributed by atoms with van der Waals surface area (Å²) in [4.78, 5) is 57.3. The Kier molecular flexibility index (Phi) is 22.1. The lowest BCUT2D eigenvalue weighted by Crippen LogP contribution is -2.38. The van der Waals surface area contributed by atoms with E-state index < -0.39 is 17.9 Å². The number of fused-ring (bicyclic) bond motifs is 1. The van der Waals surface area contributed by atoms with Gasteiger partial charge in [-0.05, 0) is 113 Å². The second-order valence-electron chi connectivity index (χ2n) is 17.7. The van der Waals surface area contributed by atoms with Gasteiger partial charge in [-0.3, -0.25) is 28.9 Å². The van der Waals surface area contributed by atoms with Gasteiger partial charge in [0.1, 0.15) is 17.7 Å². The average Bonchev–Trinajstić information content (AvgIpc) is 3.83. The zero-order chi connectivity index (χ0) is 51.5. The van der Waals surface area contributed by atoms with Crippen LogP contribution in [0.3, 0.4) is 0 Å². The zero-order valence-corrected chi connectivity index (χ0v) is 42.7. The molecule has 71 heavy (non-hydrogen) atoms. The molecule has 0 spiro atoms. The van der Waals surface area contributed by atoms with Gasteiger partial charge in [-0.1, -0.05) is 41.9 Å². The summed E-state index contributed by atoms with van der Waals surface area (Å²) in [7, 11) is 0. The van der Waals surface area contributed by atoms with Gasteiger partial charge in [-0.15, -0.1) is 0 Å². The van der Waals surface area contributed by atoms with Crippen LogP contribution in [0.4, 0.5) is 5.69 Å². The Morgan fingerprint density at radius 1 is 0.887 bits per heavy atom. The number of morpholine rings is 1. The first-order valence-corrected chi connectivity index (χ1v) is 24.6. The fourth-order valence-electron chi connectivity index (χ4n) is 8.80. The number of carboxylic acids is 1. The summed E-state index contributed by atoms with van der Waals surface area (Å²) < 4.78 is 27.6. The number of hydrogen-bond donors (Lipinski definition) is 3. The lowest BCUT2D eigenvalue weighted by Gasteiger charge is -2.27. The maximum atomic E-state index is 13.2. The topological polar surface area (TPSA) is 210 Å². The minimum absolute atomic E-state index is 0.0401. The van der Waals surface area contributed by atoms with Crippen molar-refractivity contribution in [2.24, 2.45) is 5.73 Å². The SMILES string of the molecule is Cc1cccc(NCCOCCOCCCn2nc(C)c(-c3cccc4c(CCCOc5cc(C)c(Cl)c(C)c5)c(C(=O)O)n(CCN5CCOCC5)c34)c2C)c1C.NC(=O)CCC(C=O)N(C=O)C=O. The second-order valence-corrected chi connectivity index (χ2v) is 18.0. The zero-order valence-electron chi connectivity index (χ0n) is 42.0. The van der Waals surface area contributed by atoms with E-state index in [1.807, 2.05) is 43.5 Å². The number of aldehydes is 1. The van der Waals surface area contributed by atoms with Crippen molar-refractivity contribution in [3.8, 4) is 16.9 Å². The average molecular weight is 1000 g/mol. The van der Waals surface area contributed by atoms with E-state index in [2.05, 4.69) is 66.0 Å². The molecule has 0 bridgehead atoms. The highest BCUT2D eigenvalue weighted by molar-refractivity contribution is 6.32. The number of ether oxygens (including phenoxy) is 4. The van der Waals surface area contributed by atoms with Crippen molar-refractivity contribution >= 4 is 59.2 Å². The van der Waals surface area contributed by atoms with Gasteiger partial charge in [0.2, 0.25) is 18.7 Å². The van der Waals surface area contributed by atoms with Crippen molar-refractivity contribution in [2.45, 2.75) is 92.8 Å². The molecule has 1 unspecified atom stereocenters. The summed E-state index contributed by atoms with van der Waals surface area (Å²) in [5.74, 6) is -0.735. The molecule has 1 saturated heterocycles. The van der Waals surface area contributed by atoms with E-state index in [4.69, 9.17) is 41.4 Å². The number of para-hydroxylation sites is 1. The Morgan fingerprint density at radius 3 is 2.24 bits per heavy atom. The van der Waals surface area contributed by atoms with Crippen LogP contribution < -0.4 is 15.8 Å². The molecule has 1 aliphatic heterocycles. The molecular weight excluding hydrogens is 930 g/mol. The van der Waals surface area contributed by atoms with E-state index in [1.165, 1.54) is 11.1 Å². The molecule has 4 N–H and O–H groups in total. The number of rotatable bonds is 28. The first-order valence-electron chi connectivity index (χ1n) is 24.2. The van der Waals surface area contributed by atoms with Gasteiger partial charge in [0.25, 0.3) is 0 Å². The third-order valence-corrected chi connectivity index (χ3v) is 13.3. The predicted octanol–water partition coefficient (Wildman–Crippen LogP) is 7.02. The summed E-state index contributed by atoms with van der Waals surface area (Å²) in [6.07, 6.45) is 2.93. The monoisotopic (exact) mass is 999 g/mol. The molecule has 3 amide bonds. The number of amides is 3. The molecule has 1 aliphatic rings. The summed E-state index contributed by atoms with van der Waals surface area (Å²) in [5, 5.41) is 20.9. The fraction of sp³-hybridized carbons (Fsp3) is 0.472. The Balaban J connectivity index is 0.000000632. The number of hydrogen-bond acceptors (Lipinski definition) is 12. The standard InChI is InChI=1S/C46H60ClN5O6.C7H10N2O4/c1-31-11-7-15-41(34(31)4)48-16-24-56-28-27-55-22-10-17-52-36(6)42(35(5)49-52)40-13-8-12-38-39(14-9-23-58-37-29-32(2)43(47)33(3)30-37)45(46(53)54)51(44(38)40)19-18-50-20-25-57-26-21-50;8-7(13)2-1-6(3-10)9(4-11)5-12/h7-8,11-13,15,29-30,48H,9-10,14,16-28H2,1-6H3,(H,53,54);3-6H,1-2H2,(H2,8,13). The van der Waals surface area contributed by atoms with Gasteiger partial charge in [0.15, 0.2) is 0 Å². The summed E-state index contributed by atoms with van der Waals surface area (Å²) in [6.45, 7) is 20.8. The van der Waals surface area contributed by atoms with Crippen LogP contribution in [0.5, 0.6) is 5.75 Å². The number of imide groups is 1. The number of carbonyl (C=O) groups excluding carboxylic acids is 4. The quantitative estimate of drug-likeness (QED) is 0.0340. The van der Waals surface area contributed by atoms with Gasteiger partial charge in [-0.25, -0.2) is 4.79 Å². The number of nitrogens with zero attached hydrogens (tertiary/aromatic N) is 5. The van der Waals surface area contributed by atoms with E-state index in [0.29, 0.717) is 89.1 Å². The number of primary amides is 1. The van der Waals surface area contributed by atoms with Crippen LogP contribution >= 0.6 is 11.6 Å². The fourth-order valence-corrected chi connectivity index (χ4v) is 8.91. The van der Waals surface area contributed by atoms with Crippen molar-refractivity contribution in [3.05, 3.63) is 98.5 Å². The minimum Gasteiger partial charge on any atom is -0.494 e. The van der Waals surface area contributed by atoms with Crippen molar-refractivity contribution < 1.29 is 48.0 Å². The van der Waals surface area contributed by atoms with Gasteiger partial charge < -0.3 is 44.5 Å². The van der Waals surface area contributed by atoms with E-state index in [0.717, 1.165) is 99.2 Å². The number of carboxylic acid groups (broad SMARTS) is 1. The van der Waals surface area contributed by atoms with Gasteiger partial charge >= 0.3 is 5.97 Å². The highest BCUT2D eigenvalue weighted by atomic mass is 35.5. The first-order chi connectivity index (χ1) is 34.2. The van der Waals surface area contributed by atoms with Crippen molar-refractivity contribution in [1.82, 2.24) is 24.1 Å². The van der Waals surface area contributed by atoms with Gasteiger partial charge in [-0.2, -0.15) is 5.10 Å². The molecule has 2 aromatic heterocycles. The van der Waals surface area contributed by atoms with Crippen LogP contribution in [0.1, 0.15) is 75.4 Å².